The average molecular weight is 452 g/mol. The quantitative estimate of drug-likeness (QED) is 0.685. The van der Waals surface area contributed by atoms with Gasteiger partial charge in [-0.2, -0.15) is 0 Å². The van der Waals surface area contributed by atoms with Crippen LogP contribution in [-0.2, 0) is 22.7 Å². The molecule has 33 heavy (non-hydrogen) atoms. The number of carbonyl (C=O) groups excluding carboxylic acids is 3. The van der Waals surface area contributed by atoms with E-state index >= 15 is 4.39 Å². The van der Waals surface area contributed by atoms with Crippen molar-refractivity contribution in [1.29, 1.82) is 0 Å². The summed E-state index contributed by atoms with van der Waals surface area (Å²) in [5.74, 6) is -1.38. The van der Waals surface area contributed by atoms with Gasteiger partial charge in [0.25, 0.3) is 5.91 Å². The lowest BCUT2D eigenvalue weighted by Gasteiger charge is -2.36. The SMILES string of the molecule is O=C1CCC(N2Cc3cc(N4CCN(Cc5ccc(O)cc5)CC4)c(F)cc3C2=O)C(=O)N1. The number of amides is 3. The lowest BCUT2D eigenvalue weighted by molar-refractivity contribution is -0.136. The molecule has 1 unspecified atom stereocenters. The number of phenols is 1. The lowest BCUT2D eigenvalue weighted by Crippen LogP contribution is -2.52. The maximum Gasteiger partial charge on any atom is 0.255 e. The van der Waals surface area contributed by atoms with Crippen molar-refractivity contribution in [2.24, 2.45) is 0 Å². The van der Waals surface area contributed by atoms with Gasteiger partial charge in [-0.15, -0.1) is 0 Å². The van der Waals surface area contributed by atoms with E-state index in [0.717, 1.165) is 25.2 Å². The molecule has 5 rings (SSSR count). The number of imide groups is 1. The molecule has 3 amide bonds. The number of anilines is 1. The van der Waals surface area contributed by atoms with Gasteiger partial charge < -0.3 is 14.9 Å². The number of rotatable bonds is 4. The number of phenolic OH excluding ortho intramolecular Hbond substituents is 1. The molecule has 0 radical (unpaired) electrons. The van der Waals surface area contributed by atoms with Crippen LogP contribution in [0.2, 0.25) is 0 Å². The Morgan fingerprint density at radius 2 is 1.76 bits per heavy atom. The van der Waals surface area contributed by atoms with Crippen molar-refractivity contribution >= 4 is 23.4 Å². The van der Waals surface area contributed by atoms with E-state index in [1.807, 2.05) is 17.0 Å². The van der Waals surface area contributed by atoms with Crippen molar-refractivity contribution in [2.75, 3.05) is 31.1 Å². The van der Waals surface area contributed by atoms with Crippen molar-refractivity contribution in [3.63, 3.8) is 0 Å². The summed E-state index contributed by atoms with van der Waals surface area (Å²) in [6.45, 7) is 3.82. The fourth-order valence-electron chi connectivity index (χ4n) is 4.83. The minimum absolute atomic E-state index is 0.185. The molecule has 0 aliphatic carbocycles. The Labute approximate surface area is 190 Å². The second kappa shape index (κ2) is 8.47. The van der Waals surface area contributed by atoms with E-state index in [0.29, 0.717) is 24.3 Å². The first-order chi connectivity index (χ1) is 15.9. The Morgan fingerprint density at radius 3 is 2.45 bits per heavy atom. The third-order valence-corrected chi connectivity index (χ3v) is 6.65. The molecule has 2 N–H and O–H groups in total. The normalized spacial score (nSPS) is 21.4. The van der Waals surface area contributed by atoms with E-state index in [4.69, 9.17) is 0 Å². The Hall–Kier alpha value is -3.46. The summed E-state index contributed by atoms with van der Waals surface area (Å²) in [5.41, 5.74) is 2.56. The number of hydrogen-bond donors (Lipinski definition) is 2. The number of carbonyl (C=O) groups is 3. The van der Waals surface area contributed by atoms with E-state index in [1.165, 1.54) is 11.0 Å². The van der Waals surface area contributed by atoms with Crippen LogP contribution in [0.15, 0.2) is 36.4 Å². The molecular formula is C24H25FN4O4. The Kier molecular flexibility index (Phi) is 5.49. The molecule has 3 heterocycles. The summed E-state index contributed by atoms with van der Waals surface area (Å²) in [6.07, 6.45) is 0.466. The molecule has 0 aromatic heterocycles. The number of nitrogens with zero attached hydrogens (tertiary/aromatic N) is 3. The Bertz CT molecular complexity index is 1110. The number of benzene rings is 2. The van der Waals surface area contributed by atoms with Gasteiger partial charge in [0.1, 0.15) is 17.6 Å². The minimum atomic E-state index is -0.711. The highest BCUT2D eigenvalue weighted by molar-refractivity contribution is 6.05. The van der Waals surface area contributed by atoms with Crippen LogP contribution in [0.1, 0.15) is 34.3 Å². The van der Waals surface area contributed by atoms with E-state index in [2.05, 4.69) is 10.2 Å². The van der Waals surface area contributed by atoms with Gasteiger partial charge in [0.05, 0.1) is 5.69 Å². The first-order valence-electron chi connectivity index (χ1n) is 11.1. The molecule has 2 aromatic rings. The first kappa shape index (κ1) is 21.4. The summed E-state index contributed by atoms with van der Waals surface area (Å²) in [7, 11) is 0. The largest absolute Gasteiger partial charge is 0.508 e. The number of nitrogens with one attached hydrogen (secondary N) is 1. The maximum atomic E-state index is 15.0. The highest BCUT2D eigenvalue weighted by Crippen LogP contribution is 2.33. The van der Waals surface area contributed by atoms with Crippen LogP contribution in [0.5, 0.6) is 5.75 Å². The standard InChI is InChI=1S/C24H25FN4O4/c25-19-12-18-16(14-29(24(18)33)20-5-6-22(31)26-23(20)32)11-21(19)28-9-7-27(8-10-28)13-15-1-3-17(30)4-2-15/h1-4,11-12,20,30H,5-10,13-14H2,(H,26,31,32). The molecule has 1 atom stereocenters. The van der Waals surface area contributed by atoms with Crippen molar-refractivity contribution in [3.05, 3.63) is 58.9 Å². The fraction of sp³-hybridized carbons (Fsp3) is 0.375. The molecule has 3 aliphatic rings. The number of aromatic hydroxyl groups is 1. The molecule has 2 aromatic carbocycles. The van der Waals surface area contributed by atoms with Crippen LogP contribution >= 0.6 is 0 Å². The predicted molar refractivity (Wildman–Crippen MR) is 118 cm³/mol. The van der Waals surface area contributed by atoms with E-state index in [1.54, 1.807) is 18.2 Å². The number of halogens is 1. The minimum Gasteiger partial charge on any atom is -0.508 e. The molecule has 0 saturated carbocycles. The van der Waals surface area contributed by atoms with Crippen molar-refractivity contribution in [3.8, 4) is 5.75 Å². The van der Waals surface area contributed by atoms with Gasteiger partial charge in [-0.05, 0) is 41.8 Å². The lowest BCUT2D eigenvalue weighted by atomic mass is 10.0. The van der Waals surface area contributed by atoms with Crippen LogP contribution in [0, 0.1) is 5.82 Å². The summed E-state index contributed by atoms with van der Waals surface area (Å²) < 4.78 is 15.0. The molecular weight excluding hydrogens is 427 g/mol. The van der Waals surface area contributed by atoms with Crippen LogP contribution in [0.3, 0.4) is 0 Å². The smallest absolute Gasteiger partial charge is 0.255 e. The van der Waals surface area contributed by atoms with Gasteiger partial charge in [-0.1, -0.05) is 12.1 Å². The van der Waals surface area contributed by atoms with E-state index in [-0.39, 0.29) is 42.5 Å². The van der Waals surface area contributed by atoms with Gasteiger partial charge in [0, 0.05) is 51.3 Å². The molecule has 8 nitrogen and oxygen atoms in total. The molecule has 9 heteroatoms. The zero-order chi connectivity index (χ0) is 23.1. The number of fused-ring (bicyclic) bond motifs is 1. The molecule has 2 fully saturated rings. The molecule has 2 saturated heterocycles. The summed E-state index contributed by atoms with van der Waals surface area (Å²) in [4.78, 5) is 42.2. The third-order valence-electron chi connectivity index (χ3n) is 6.65. The van der Waals surface area contributed by atoms with E-state index in [9.17, 15) is 19.5 Å². The summed E-state index contributed by atoms with van der Waals surface area (Å²) >= 11 is 0. The molecule has 172 valence electrons. The fourth-order valence-corrected chi connectivity index (χ4v) is 4.83. The van der Waals surface area contributed by atoms with Crippen LogP contribution in [-0.4, -0.2) is 64.8 Å². The van der Waals surface area contributed by atoms with Crippen LogP contribution < -0.4 is 10.2 Å². The van der Waals surface area contributed by atoms with E-state index < -0.39 is 17.8 Å². The summed E-state index contributed by atoms with van der Waals surface area (Å²) in [5, 5.41) is 11.7. The Morgan fingerprint density at radius 1 is 1.03 bits per heavy atom. The second-order valence-electron chi connectivity index (χ2n) is 8.79. The zero-order valence-corrected chi connectivity index (χ0v) is 18.1. The van der Waals surface area contributed by atoms with Crippen LogP contribution in [0.4, 0.5) is 10.1 Å². The second-order valence-corrected chi connectivity index (χ2v) is 8.79. The van der Waals surface area contributed by atoms with Gasteiger partial charge in [-0.3, -0.25) is 24.6 Å². The van der Waals surface area contributed by atoms with Gasteiger partial charge in [-0.25, -0.2) is 4.39 Å². The van der Waals surface area contributed by atoms with Gasteiger partial charge in [0.15, 0.2) is 0 Å². The summed E-state index contributed by atoms with van der Waals surface area (Å²) in [6, 6.07) is 9.43. The molecule has 3 aliphatic heterocycles. The predicted octanol–water partition coefficient (Wildman–Crippen LogP) is 1.61. The zero-order valence-electron chi connectivity index (χ0n) is 18.1. The number of hydrogen-bond acceptors (Lipinski definition) is 6. The highest BCUT2D eigenvalue weighted by Gasteiger charge is 2.39. The van der Waals surface area contributed by atoms with Crippen molar-refractivity contribution < 1.29 is 23.9 Å². The topological polar surface area (TPSA) is 93.2 Å². The molecule has 0 bridgehead atoms. The molecule has 0 spiro atoms. The van der Waals surface area contributed by atoms with Crippen molar-refractivity contribution in [2.45, 2.75) is 32.0 Å². The monoisotopic (exact) mass is 452 g/mol. The third kappa shape index (κ3) is 4.16. The average Bonchev–Trinajstić information content (AvgIpc) is 3.11. The van der Waals surface area contributed by atoms with Crippen LogP contribution in [0.25, 0.3) is 0 Å². The number of piperidine rings is 1. The van der Waals surface area contributed by atoms with Crippen molar-refractivity contribution in [1.82, 2.24) is 15.1 Å². The highest BCUT2D eigenvalue weighted by atomic mass is 19.1. The maximum absolute atomic E-state index is 15.0. The first-order valence-corrected chi connectivity index (χ1v) is 11.1. The van der Waals surface area contributed by atoms with Gasteiger partial charge in [0.2, 0.25) is 11.8 Å². The van der Waals surface area contributed by atoms with Gasteiger partial charge >= 0.3 is 0 Å². The number of piperazine rings is 1. The Balaban J connectivity index is 1.26.